The van der Waals surface area contributed by atoms with Gasteiger partial charge in [0.05, 0.1) is 0 Å². The van der Waals surface area contributed by atoms with Gasteiger partial charge in [-0.25, -0.2) is 4.98 Å². The summed E-state index contributed by atoms with van der Waals surface area (Å²) in [5, 5.41) is 0. The van der Waals surface area contributed by atoms with Crippen molar-refractivity contribution in [2.75, 3.05) is 0 Å². The number of halogens is 3. The second-order valence-electron chi connectivity index (χ2n) is 3.10. The molecular weight excluding hydrogens is 233 g/mol. The van der Waals surface area contributed by atoms with Crippen LogP contribution in [-0.4, -0.2) is 9.97 Å². The van der Waals surface area contributed by atoms with Gasteiger partial charge in [0.2, 0.25) is 12.2 Å². The molecular formula is C11H6F3N2O. The minimum Gasteiger partial charge on any atom is -0.439 e. The third-order valence-electron chi connectivity index (χ3n) is 1.85. The molecule has 0 saturated carbocycles. The first kappa shape index (κ1) is 11.4. The van der Waals surface area contributed by atoms with Gasteiger partial charge in [-0.2, -0.15) is 18.2 Å². The van der Waals surface area contributed by atoms with Crippen molar-refractivity contribution in [3.63, 3.8) is 0 Å². The zero-order valence-corrected chi connectivity index (χ0v) is 8.40. The van der Waals surface area contributed by atoms with Crippen LogP contribution in [0.2, 0.25) is 0 Å². The zero-order valence-electron chi connectivity index (χ0n) is 8.40. The van der Waals surface area contributed by atoms with Crippen LogP contribution in [0.1, 0.15) is 5.69 Å². The number of aromatic nitrogens is 2. The number of ether oxygens (including phenoxy) is 1. The molecule has 2 rings (SSSR count). The minimum absolute atomic E-state index is 0.196. The normalized spacial score (nSPS) is 11.2. The summed E-state index contributed by atoms with van der Waals surface area (Å²) in [6, 6.07) is 9.10. The maximum absolute atomic E-state index is 12.3. The lowest BCUT2D eigenvalue weighted by Crippen LogP contribution is -2.08. The van der Waals surface area contributed by atoms with E-state index in [1.807, 2.05) is 6.33 Å². The predicted molar refractivity (Wildman–Crippen MR) is 52.4 cm³/mol. The van der Waals surface area contributed by atoms with Crippen LogP contribution in [-0.2, 0) is 6.18 Å². The Balaban J connectivity index is 2.23. The van der Waals surface area contributed by atoms with E-state index in [4.69, 9.17) is 4.74 Å². The summed E-state index contributed by atoms with van der Waals surface area (Å²) in [7, 11) is 0. The van der Waals surface area contributed by atoms with Gasteiger partial charge >= 0.3 is 6.18 Å². The van der Waals surface area contributed by atoms with Crippen molar-refractivity contribution in [1.29, 1.82) is 0 Å². The second-order valence-corrected chi connectivity index (χ2v) is 3.10. The molecule has 0 aliphatic rings. The van der Waals surface area contributed by atoms with Crippen molar-refractivity contribution in [3.8, 4) is 11.6 Å². The molecule has 0 saturated heterocycles. The number of benzene rings is 1. The molecule has 1 heterocycles. The average molecular weight is 239 g/mol. The van der Waals surface area contributed by atoms with Gasteiger partial charge in [0, 0.05) is 6.07 Å². The summed E-state index contributed by atoms with van der Waals surface area (Å²) in [5.41, 5.74) is -1.08. The molecule has 1 aromatic heterocycles. The van der Waals surface area contributed by atoms with Gasteiger partial charge in [-0.15, -0.1) is 0 Å². The highest BCUT2D eigenvalue weighted by Crippen LogP contribution is 2.29. The average Bonchev–Trinajstić information content (AvgIpc) is 2.29. The van der Waals surface area contributed by atoms with E-state index >= 15 is 0 Å². The minimum atomic E-state index is -4.53. The summed E-state index contributed by atoms with van der Waals surface area (Å²) < 4.78 is 42.2. The van der Waals surface area contributed by atoms with Gasteiger partial charge in [-0.05, 0) is 12.1 Å². The van der Waals surface area contributed by atoms with Crippen LogP contribution >= 0.6 is 0 Å². The van der Waals surface area contributed by atoms with Crippen LogP contribution in [0.3, 0.4) is 0 Å². The Morgan fingerprint density at radius 1 is 1.06 bits per heavy atom. The maximum Gasteiger partial charge on any atom is 0.433 e. The summed E-state index contributed by atoms with van der Waals surface area (Å²) in [6.07, 6.45) is -2.62. The van der Waals surface area contributed by atoms with Crippen molar-refractivity contribution in [2.24, 2.45) is 0 Å². The Bertz CT molecular complexity index is 500. The van der Waals surface area contributed by atoms with Crippen molar-refractivity contribution in [2.45, 2.75) is 6.18 Å². The van der Waals surface area contributed by atoms with E-state index in [-0.39, 0.29) is 5.88 Å². The van der Waals surface area contributed by atoms with E-state index in [9.17, 15) is 13.2 Å². The van der Waals surface area contributed by atoms with Crippen molar-refractivity contribution in [1.82, 2.24) is 9.97 Å². The van der Waals surface area contributed by atoms with Gasteiger partial charge in [-0.3, -0.25) is 0 Å². The molecule has 2 aromatic rings. The van der Waals surface area contributed by atoms with Gasteiger partial charge < -0.3 is 4.74 Å². The predicted octanol–water partition coefficient (Wildman–Crippen LogP) is 3.09. The zero-order chi connectivity index (χ0) is 12.3. The monoisotopic (exact) mass is 239 g/mol. The largest absolute Gasteiger partial charge is 0.439 e. The highest BCUT2D eigenvalue weighted by molar-refractivity contribution is 5.27. The molecule has 6 heteroatoms. The molecule has 0 spiro atoms. The standard InChI is InChI=1S/C11H6F3N2O/c12-11(13,14)9-6-10(16-7-15-9)17-8-4-2-1-3-5-8/h1-6H. The lowest BCUT2D eigenvalue weighted by atomic mass is 10.3. The highest BCUT2D eigenvalue weighted by atomic mass is 19.4. The summed E-state index contributed by atoms with van der Waals surface area (Å²) in [5.74, 6) is 0.200. The van der Waals surface area contributed by atoms with Crippen LogP contribution in [0.25, 0.3) is 0 Å². The van der Waals surface area contributed by atoms with Gasteiger partial charge in [0.1, 0.15) is 5.75 Å². The van der Waals surface area contributed by atoms with E-state index in [1.165, 1.54) is 0 Å². The SMILES string of the molecule is FC(F)(F)c1cc(Oc2ccccc2)n[c]n1. The first-order chi connectivity index (χ1) is 8.05. The third-order valence-corrected chi connectivity index (χ3v) is 1.85. The van der Waals surface area contributed by atoms with Gasteiger partial charge in [-0.1, -0.05) is 18.2 Å². The molecule has 87 valence electrons. The van der Waals surface area contributed by atoms with Crippen LogP contribution < -0.4 is 4.74 Å². The topological polar surface area (TPSA) is 35.0 Å². The van der Waals surface area contributed by atoms with Gasteiger partial charge in [0.25, 0.3) is 0 Å². The molecule has 0 bridgehead atoms. The van der Waals surface area contributed by atoms with E-state index < -0.39 is 11.9 Å². The van der Waals surface area contributed by atoms with Gasteiger partial charge in [0.15, 0.2) is 5.69 Å². The molecule has 1 radical (unpaired) electrons. The number of rotatable bonds is 2. The van der Waals surface area contributed by atoms with Crippen LogP contribution in [0.4, 0.5) is 13.2 Å². The van der Waals surface area contributed by atoms with E-state index in [0.717, 1.165) is 6.07 Å². The van der Waals surface area contributed by atoms with E-state index in [2.05, 4.69) is 9.97 Å². The molecule has 3 nitrogen and oxygen atoms in total. The molecule has 0 N–H and O–H groups in total. The fourth-order valence-electron chi connectivity index (χ4n) is 1.12. The summed E-state index contributed by atoms with van der Waals surface area (Å²) in [6.45, 7) is 0. The molecule has 0 atom stereocenters. The highest BCUT2D eigenvalue weighted by Gasteiger charge is 2.33. The lowest BCUT2D eigenvalue weighted by Gasteiger charge is -2.07. The Hall–Kier alpha value is -2.11. The van der Waals surface area contributed by atoms with Crippen LogP contribution in [0.5, 0.6) is 11.6 Å². The number of alkyl halides is 3. The number of hydrogen-bond donors (Lipinski definition) is 0. The number of hydrogen-bond acceptors (Lipinski definition) is 3. The second kappa shape index (κ2) is 4.40. The smallest absolute Gasteiger partial charge is 0.433 e. The third kappa shape index (κ3) is 2.93. The lowest BCUT2D eigenvalue weighted by molar-refractivity contribution is -0.141. The Kier molecular flexibility index (Phi) is 2.95. The quantitative estimate of drug-likeness (QED) is 0.807. The summed E-state index contributed by atoms with van der Waals surface area (Å²) in [4.78, 5) is 6.50. The maximum atomic E-state index is 12.3. The fraction of sp³-hybridized carbons (Fsp3) is 0.0909. The molecule has 17 heavy (non-hydrogen) atoms. The van der Waals surface area contributed by atoms with Crippen molar-refractivity contribution >= 4 is 0 Å². The van der Waals surface area contributed by atoms with E-state index in [1.54, 1.807) is 30.3 Å². The Morgan fingerprint density at radius 3 is 2.41 bits per heavy atom. The summed E-state index contributed by atoms with van der Waals surface area (Å²) >= 11 is 0. The van der Waals surface area contributed by atoms with Crippen molar-refractivity contribution in [3.05, 3.63) is 48.4 Å². The van der Waals surface area contributed by atoms with E-state index in [0.29, 0.717) is 5.75 Å². The first-order valence-corrected chi connectivity index (χ1v) is 4.61. The molecule has 0 amide bonds. The Labute approximate surface area is 94.9 Å². The van der Waals surface area contributed by atoms with Crippen LogP contribution in [0.15, 0.2) is 36.4 Å². The molecule has 1 aromatic carbocycles. The van der Waals surface area contributed by atoms with Crippen LogP contribution in [0, 0.1) is 6.33 Å². The van der Waals surface area contributed by atoms with Crippen molar-refractivity contribution < 1.29 is 17.9 Å². The molecule has 0 unspecified atom stereocenters. The Morgan fingerprint density at radius 2 is 1.76 bits per heavy atom. The molecule has 0 aliphatic heterocycles. The number of nitrogens with zero attached hydrogens (tertiary/aromatic N) is 2. The molecule has 0 fully saturated rings. The fourth-order valence-corrected chi connectivity index (χ4v) is 1.12. The molecule has 0 aliphatic carbocycles. The first-order valence-electron chi connectivity index (χ1n) is 4.61. The number of para-hydroxylation sites is 1.